The molecule has 0 amide bonds. The van der Waals surface area contributed by atoms with Crippen LogP contribution in [0.1, 0.15) is 45.7 Å². The average Bonchev–Trinajstić information content (AvgIpc) is 2.64. The molecule has 0 saturated carbocycles. The number of aliphatic hydroxyl groups is 1. The first-order valence-electron chi connectivity index (χ1n) is 5.84. The zero-order valence-corrected chi connectivity index (χ0v) is 10.7. The van der Waals surface area contributed by atoms with Crippen molar-refractivity contribution in [1.82, 2.24) is 5.32 Å². The summed E-state index contributed by atoms with van der Waals surface area (Å²) < 4.78 is 5.05. The van der Waals surface area contributed by atoms with E-state index in [4.69, 9.17) is 4.42 Å². The maximum absolute atomic E-state index is 9.39. The molecule has 16 heavy (non-hydrogen) atoms. The number of hydrogen-bond acceptors (Lipinski definition) is 3. The average molecular weight is 225 g/mol. The monoisotopic (exact) mass is 225 g/mol. The molecule has 1 rings (SSSR count). The van der Waals surface area contributed by atoms with Crippen LogP contribution in [0, 0.1) is 5.41 Å². The third-order valence-electron chi connectivity index (χ3n) is 2.78. The van der Waals surface area contributed by atoms with Gasteiger partial charge in [0.05, 0.1) is 18.6 Å². The molecule has 1 heterocycles. The Kier molecular flexibility index (Phi) is 4.56. The lowest BCUT2D eigenvalue weighted by molar-refractivity contribution is 0.127. The number of furan rings is 1. The zero-order valence-electron chi connectivity index (χ0n) is 10.7. The summed E-state index contributed by atoms with van der Waals surface area (Å²) in [4.78, 5) is 0. The third-order valence-corrected chi connectivity index (χ3v) is 2.78. The smallest absolute Gasteiger partial charge is 0.0950 e. The molecule has 0 saturated heterocycles. The SMILES string of the molecule is CC(O)CC(C)(C)CNC(C)c1ccoc1. The molecule has 2 unspecified atom stereocenters. The molecule has 0 radical (unpaired) electrons. The summed E-state index contributed by atoms with van der Waals surface area (Å²) >= 11 is 0. The molecule has 0 aliphatic rings. The van der Waals surface area contributed by atoms with Crippen LogP contribution < -0.4 is 5.32 Å². The van der Waals surface area contributed by atoms with Crippen molar-refractivity contribution >= 4 is 0 Å². The van der Waals surface area contributed by atoms with Crippen LogP contribution in [0.4, 0.5) is 0 Å². The summed E-state index contributed by atoms with van der Waals surface area (Å²) in [6.07, 6.45) is 4.01. The van der Waals surface area contributed by atoms with Gasteiger partial charge in [0.25, 0.3) is 0 Å². The van der Waals surface area contributed by atoms with Crippen molar-refractivity contribution in [3.05, 3.63) is 24.2 Å². The second-order valence-corrected chi connectivity index (χ2v) is 5.38. The van der Waals surface area contributed by atoms with Crippen LogP contribution in [-0.4, -0.2) is 17.8 Å². The van der Waals surface area contributed by atoms with Crippen molar-refractivity contribution < 1.29 is 9.52 Å². The fourth-order valence-electron chi connectivity index (χ4n) is 1.94. The number of aliphatic hydroxyl groups excluding tert-OH is 1. The predicted octanol–water partition coefficient (Wildman–Crippen LogP) is 2.73. The molecule has 3 nitrogen and oxygen atoms in total. The first-order chi connectivity index (χ1) is 7.41. The second kappa shape index (κ2) is 5.51. The summed E-state index contributed by atoms with van der Waals surface area (Å²) in [6, 6.07) is 2.26. The van der Waals surface area contributed by atoms with Crippen molar-refractivity contribution in [3.8, 4) is 0 Å². The van der Waals surface area contributed by atoms with E-state index in [9.17, 15) is 5.11 Å². The van der Waals surface area contributed by atoms with Gasteiger partial charge in [-0.3, -0.25) is 0 Å². The fraction of sp³-hybridized carbons (Fsp3) is 0.692. The van der Waals surface area contributed by atoms with Crippen molar-refractivity contribution in [3.63, 3.8) is 0 Å². The highest BCUT2D eigenvalue weighted by molar-refractivity contribution is 5.10. The molecule has 0 aliphatic heterocycles. The highest BCUT2D eigenvalue weighted by Gasteiger charge is 2.21. The van der Waals surface area contributed by atoms with Crippen molar-refractivity contribution in [2.75, 3.05) is 6.54 Å². The van der Waals surface area contributed by atoms with E-state index in [1.165, 1.54) is 0 Å². The van der Waals surface area contributed by atoms with Crippen LogP contribution in [0.2, 0.25) is 0 Å². The van der Waals surface area contributed by atoms with Crippen molar-refractivity contribution in [2.45, 2.75) is 46.3 Å². The fourth-order valence-corrected chi connectivity index (χ4v) is 1.94. The largest absolute Gasteiger partial charge is 0.472 e. The van der Waals surface area contributed by atoms with E-state index in [2.05, 4.69) is 26.1 Å². The molecular formula is C13H23NO2. The van der Waals surface area contributed by atoms with E-state index in [1.807, 2.05) is 13.0 Å². The zero-order chi connectivity index (χ0) is 12.2. The minimum Gasteiger partial charge on any atom is -0.472 e. The Morgan fingerprint density at radius 3 is 2.62 bits per heavy atom. The highest BCUT2D eigenvalue weighted by atomic mass is 16.3. The van der Waals surface area contributed by atoms with E-state index >= 15 is 0 Å². The Labute approximate surface area is 97.9 Å². The van der Waals surface area contributed by atoms with Crippen LogP contribution >= 0.6 is 0 Å². The first-order valence-corrected chi connectivity index (χ1v) is 5.84. The molecule has 2 atom stereocenters. The summed E-state index contributed by atoms with van der Waals surface area (Å²) in [5.41, 5.74) is 1.26. The Morgan fingerprint density at radius 2 is 2.12 bits per heavy atom. The second-order valence-electron chi connectivity index (χ2n) is 5.38. The predicted molar refractivity (Wildman–Crippen MR) is 65.2 cm³/mol. The quantitative estimate of drug-likeness (QED) is 0.782. The van der Waals surface area contributed by atoms with Gasteiger partial charge in [0, 0.05) is 18.2 Å². The van der Waals surface area contributed by atoms with Crippen LogP contribution in [-0.2, 0) is 0 Å². The summed E-state index contributed by atoms with van der Waals surface area (Å²) in [5, 5.41) is 12.9. The van der Waals surface area contributed by atoms with Gasteiger partial charge in [-0.1, -0.05) is 13.8 Å². The Hall–Kier alpha value is -0.800. The molecule has 1 aromatic rings. The summed E-state index contributed by atoms with van der Waals surface area (Å²) in [6.45, 7) is 9.15. The van der Waals surface area contributed by atoms with E-state index in [1.54, 1.807) is 12.5 Å². The molecule has 0 fully saturated rings. The lowest BCUT2D eigenvalue weighted by atomic mass is 9.86. The molecule has 2 N–H and O–H groups in total. The van der Waals surface area contributed by atoms with Gasteiger partial charge in [-0.05, 0) is 31.7 Å². The molecule has 3 heteroatoms. The summed E-state index contributed by atoms with van der Waals surface area (Å²) in [7, 11) is 0. The molecule has 0 spiro atoms. The van der Waals surface area contributed by atoms with Crippen LogP contribution in [0.3, 0.4) is 0 Å². The number of rotatable bonds is 6. The van der Waals surface area contributed by atoms with E-state index in [0.717, 1.165) is 18.5 Å². The summed E-state index contributed by atoms with van der Waals surface area (Å²) in [5.74, 6) is 0. The highest BCUT2D eigenvalue weighted by Crippen LogP contribution is 2.23. The number of hydrogen-bond donors (Lipinski definition) is 2. The Balaban J connectivity index is 2.39. The first kappa shape index (κ1) is 13.3. The van der Waals surface area contributed by atoms with E-state index in [0.29, 0.717) is 0 Å². The maximum atomic E-state index is 9.39. The Morgan fingerprint density at radius 1 is 1.44 bits per heavy atom. The number of nitrogens with one attached hydrogen (secondary N) is 1. The normalized spacial score (nSPS) is 16.1. The van der Waals surface area contributed by atoms with Gasteiger partial charge in [-0.25, -0.2) is 0 Å². The maximum Gasteiger partial charge on any atom is 0.0950 e. The molecule has 0 aromatic carbocycles. The van der Waals surface area contributed by atoms with Crippen LogP contribution in [0.5, 0.6) is 0 Å². The minimum atomic E-state index is -0.249. The van der Waals surface area contributed by atoms with Crippen LogP contribution in [0.25, 0.3) is 0 Å². The van der Waals surface area contributed by atoms with Crippen LogP contribution in [0.15, 0.2) is 23.0 Å². The standard InChI is InChI=1S/C13H23NO2/c1-10(15)7-13(3,4)9-14-11(2)12-5-6-16-8-12/h5-6,8,10-11,14-15H,7,9H2,1-4H3. The van der Waals surface area contributed by atoms with Crippen molar-refractivity contribution in [1.29, 1.82) is 0 Å². The Bertz CT molecular complexity index is 291. The van der Waals surface area contributed by atoms with Gasteiger partial charge >= 0.3 is 0 Å². The van der Waals surface area contributed by atoms with Gasteiger partial charge in [-0.15, -0.1) is 0 Å². The van der Waals surface area contributed by atoms with Gasteiger partial charge in [-0.2, -0.15) is 0 Å². The third kappa shape index (κ3) is 4.37. The lowest BCUT2D eigenvalue weighted by Crippen LogP contribution is -2.33. The van der Waals surface area contributed by atoms with Gasteiger partial charge in [0.1, 0.15) is 0 Å². The van der Waals surface area contributed by atoms with Crippen molar-refractivity contribution in [2.24, 2.45) is 5.41 Å². The topological polar surface area (TPSA) is 45.4 Å². The van der Waals surface area contributed by atoms with Gasteiger partial charge < -0.3 is 14.8 Å². The minimum absolute atomic E-state index is 0.103. The lowest BCUT2D eigenvalue weighted by Gasteiger charge is -2.28. The molecule has 0 aliphatic carbocycles. The molecule has 1 aromatic heterocycles. The molecular weight excluding hydrogens is 202 g/mol. The van der Waals surface area contributed by atoms with Gasteiger partial charge in [0.15, 0.2) is 0 Å². The molecule has 92 valence electrons. The van der Waals surface area contributed by atoms with Gasteiger partial charge in [0.2, 0.25) is 0 Å². The van der Waals surface area contributed by atoms with E-state index in [-0.39, 0.29) is 17.6 Å². The van der Waals surface area contributed by atoms with E-state index < -0.39 is 0 Å². The molecule has 0 bridgehead atoms.